The Balaban J connectivity index is 0.00000484. The van der Waals surface area contributed by atoms with Crippen molar-refractivity contribution in [3.8, 4) is 0 Å². The highest BCUT2D eigenvalue weighted by Gasteiger charge is 2.35. The molecule has 1 saturated heterocycles. The van der Waals surface area contributed by atoms with Gasteiger partial charge in [-0.2, -0.15) is 0 Å². The summed E-state index contributed by atoms with van der Waals surface area (Å²) in [6, 6.07) is 15.3. The molecular weight excluding hydrogens is 582 g/mol. The number of carboxylic acid groups (broad SMARTS) is 1. The number of ether oxygens (including phenoxy) is 2. The van der Waals surface area contributed by atoms with Crippen LogP contribution in [0.3, 0.4) is 0 Å². The van der Waals surface area contributed by atoms with Crippen LogP contribution in [0, 0.1) is 5.92 Å². The molecule has 10 nitrogen and oxygen atoms in total. The van der Waals surface area contributed by atoms with Crippen molar-refractivity contribution in [3.63, 3.8) is 0 Å². The van der Waals surface area contributed by atoms with E-state index >= 15 is 0 Å². The van der Waals surface area contributed by atoms with E-state index in [0.29, 0.717) is 36.9 Å². The van der Waals surface area contributed by atoms with Crippen LogP contribution in [0.5, 0.6) is 0 Å². The second-order valence-electron chi connectivity index (χ2n) is 10.2. The second-order valence-corrected chi connectivity index (χ2v) is 11.2. The zero-order valence-corrected chi connectivity index (χ0v) is 25.2. The first-order valence-electron chi connectivity index (χ1n) is 14.0. The predicted octanol–water partition coefficient (Wildman–Crippen LogP) is 4.35. The van der Waals surface area contributed by atoms with E-state index in [1.54, 1.807) is 24.0 Å². The molecule has 2 aromatic rings. The van der Waals surface area contributed by atoms with E-state index in [9.17, 15) is 24.3 Å². The average Bonchev–Trinajstić information content (AvgIpc) is 3.11. The van der Waals surface area contributed by atoms with Gasteiger partial charge in [-0.1, -0.05) is 42.5 Å². The summed E-state index contributed by atoms with van der Waals surface area (Å²) in [5, 5.41) is 12.7. The molecule has 228 valence electrons. The van der Waals surface area contributed by atoms with Gasteiger partial charge in [0.15, 0.2) is 0 Å². The molecule has 4 rings (SSSR count). The molecule has 0 bridgehead atoms. The monoisotopic (exact) mass is 619 g/mol. The number of thioether (sulfide) groups is 1. The number of amides is 2. The lowest BCUT2D eigenvalue weighted by molar-refractivity contribution is -0.146. The number of hydrogen-bond donors (Lipinski definition) is 2. The standard InChI is InChI=1S/C30H37N3O7S.ClH/c1-2-39-29(37)23(31-24-20-41-26-11-7-6-10-25(26)33(28(24)36)18-27(34)35)13-12-21-14-16-32(17-15-21)30(38)40-19-22-8-4-3-5-9-22;/h3-11,21,23-24,31H,2,12-20H2,1H3,(H,34,35);1H/t23-,24-;/m0./s1. The molecule has 0 radical (unpaired) electrons. The fourth-order valence-electron chi connectivity index (χ4n) is 5.14. The molecule has 0 spiro atoms. The number of nitrogens with one attached hydrogen (secondary N) is 1. The van der Waals surface area contributed by atoms with Gasteiger partial charge >= 0.3 is 18.0 Å². The zero-order valence-electron chi connectivity index (χ0n) is 23.6. The number of likely N-dealkylation sites (tertiary alicyclic amines) is 1. The molecule has 1 fully saturated rings. The van der Waals surface area contributed by atoms with Gasteiger partial charge in [0.1, 0.15) is 19.2 Å². The number of halogens is 1. The first-order valence-corrected chi connectivity index (χ1v) is 15.0. The van der Waals surface area contributed by atoms with Crippen LogP contribution in [-0.2, 0) is 30.5 Å². The Kier molecular flexibility index (Phi) is 13.0. The maximum absolute atomic E-state index is 13.5. The molecule has 42 heavy (non-hydrogen) atoms. The van der Waals surface area contributed by atoms with E-state index in [1.165, 1.54) is 16.7 Å². The van der Waals surface area contributed by atoms with Crippen LogP contribution in [-0.4, -0.2) is 78.0 Å². The normalized spacial score (nSPS) is 17.8. The molecule has 2 aliphatic rings. The summed E-state index contributed by atoms with van der Waals surface area (Å²) in [6.07, 6.45) is 2.43. The quantitative estimate of drug-likeness (QED) is 0.353. The van der Waals surface area contributed by atoms with Crippen molar-refractivity contribution in [2.45, 2.75) is 56.2 Å². The van der Waals surface area contributed by atoms with E-state index in [1.807, 2.05) is 42.5 Å². The summed E-state index contributed by atoms with van der Waals surface area (Å²) in [7, 11) is 0. The lowest BCUT2D eigenvalue weighted by Crippen LogP contribution is -2.54. The van der Waals surface area contributed by atoms with E-state index in [2.05, 4.69) is 5.32 Å². The van der Waals surface area contributed by atoms with Gasteiger partial charge in [0.05, 0.1) is 18.3 Å². The first-order chi connectivity index (χ1) is 19.9. The Morgan fingerprint density at radius 1 is 1.05 bits per heavy atom. The number of carbonyl (C=O) groups is 4. The summed E-state index contributed by atoms with van der Waals surface area (Å²) >= 11 is 1.45. The number of fused-ring (bicyclic) bond motifs is 1. The molecule has 0 aliphatic carbocycles. The number of carboxylic acids is 1. The third-order valence-corrected chi connectivity index (χ3v) is 8.49. The number of hydrogen-bond acceptors (Lipinski definition) is 8. The molecule has 2 atom stereocenters. The van der Waals surface area contributed by atoms with Crippen LogP contribution in [0.15, 0.2) is 59.5 Å². The van der Waals surface area contributed by atoms with Crippen molar-refractivity contribution in [2.24, 2.45) is 5.92 Å². The number of aliphatic carboxylic acids is 1. The van der Waals surface area contributed by atoms with E-state index in [4.69, 9.17) is 9.47 Å². The van der Waals surface area contributed by atoms with Crippen molar-refractivity contribution < 1.29 is 33.8 Å². The van der Waals surface area contributed by atoms with Crippen molar-refractivity contribution >= 4 is 53.8 Å². The van der Waals surface area contributed by atoms with Crippen LogP contribution in [0.2, 0.25) is 0 Å². The van der Waals surface area contributed by atoms with Crippen molar-refractivity contribution in [3.05, 3.63) is 60.2 Å². The molecule has 2 aromatic carbocycles. The maximum atomic E-state index is 13.5. The molecule has 0 unspecified atom stereocenters. The SMILES string of the molecule is CCOC(=O)[C@H](CCC1CCN(C(=O)OCc2ccccc2)CC1)N[C@H]1CSc2ccccc2N(CC(=O)O)C1=O.Cl. The maximum Gasteiger partial charge on any atom is 0.410 e. The first kappa shape index (κ1) is 33.2. The van der Waals surface area contributed by atoms with Gasteiger partial charge < -0.3 is 19.5 Å². The predicted molar refractivity (Wildman–Crippen MR) is 162 cm³/mol. The molecule has 2 N–H and O–H groups in total. The van der Waals surface area contributed by atoms with Gasteiger partial charge in [0.25, 0.3) is 0 Å². The fourth-order valence-corrected chi connectivity index (χ4v) is 6.23. The number of piperidine rings is 1. The van der Waals surface area contributed by atoms with Crippen LogP contribution in [0.25, 0.3) is 0 Å². The zero-order chi connectivity index (χ0) is 29.2. The van der Waals surface area contributed by atoms with Crippen molar-refractivity contribution in [1.82, 2.24) is 10.2 Å². The summed E-state index contributed by atoms with van der Waals surface area (Å²) in [4.78, 5) is 54.3. The molecule has 0 aromatic heterocycles. The molecule has 2 heterocycles. The van der Waals surface area contributed by atoms with Gasteiger partial charge in [-0.25, -0.2) is 4.79 Å². The van der Waals surface area contributed by atoms with Crippen molar-refractivity contribution in [1.29, 1.82) is 0 Å². The number of esters is 1. The molecule has 0 saturated carbocycles. The minimum Gasteiger partial charge on any atom is -0.480 e. The highest BCUT2D eigenvalue weighted by molar-refractivity contribution is 7.99. The van der Waals surface area contributed by atoms with Gasteiger partial charge in [-0.15, -0.1) is 24.2 Å². The number of carbonyl (C=O) groups excluding carboxylic acids is 3. The smallest absolute Gasteiger partial charge is 0.410 e. The van der Waals surface area contributed by atoms with Crippen LogP contribution < -0.4 is 10.2 Å². The Hall–Kier alpha value is -3.28. The van der Waals surface area contributed by atoms with Gasteiger partial charge in [-0.05, 0) is 56.2 Å². The van der Waals surface area contributed by atoms with Gasteiger partial charge in [0.2, 0.25) is 5.91 Å². The summed E-state index contributed by atoms with van der Waals surface area (Å²) < 4.78 is 10.8. The third kappa shape index (κ3) is 9.11. The average molecular weight is 620 g/mol. The van der Waals surface area contributed by atoms with Crippen LogP contribution in [0.1, 0.15) is 38.2 Å². The topological polar surface area (TPSA) is 125 Å². The minimum atomic E-state index is -1.11. The van der Waals surface area contributed by atoms with E-state index in [0.717, 1.165) is 29.7 Å². The summed E-state index contributed by atoms with van der Waals surface area (Å²) in [6.45, 7) is 2.88. The molecule has 2 aliphatic heterocycles. The van der Waals surface area contributed by atoms with Gasteiger partial charge in [-0.3, -0.25) is 24.6 Å². The summed E-state index contributed by atoms with van der Waals surface area (Å²) in [5.74, 6) is -1.28. The van der Waals surface area contributed by atoms with E-state index < -0.39 is 30.6 Å². The molecular formula is C30H38ClN3O7S. The summed E-state index contributed by atoms with van der Waals surface area (Å²) in [5.41, 5.74) is 1.49. The number of rotatable bonds is 11. The Morgan fingerprint density at radius 3 is 2.43 bits per heavy atom. The largest absolute Gasteiger partial charge is 0.480 e. The Bertz CT molecular complexity index is 1210. The minimum absolute atomic E-state index is 0. The van der Waals surface area contributed by atoms with Crippen molar-refractivity contribution in [2.75, 3.05) is 36.9 Å². The van der Waals surface area contributed by atoms with Crippen LogP contribution in [0.4, 0.5) is 10.5 Å². The molecule has 2 amide bonds. The molecule has 12 heteroatoms. The number of benzene rings is 2. The fraction of sp³-hybridized carbons (Fsp3) is 0.467. The third-order valence-electron chi connectivity index (χ3n) is 7.33. The highest BCUT2D eigenvalue weighted by Crippen LogP contribution is 2.34. The Labute approximate surface area is 256 Å². The second kappa shape index (κ2) is 16.4. The number of anilines is 1. The highest BCUT2D eigenvalue weighted by atomic mass is 35.5. The van der Waals surface area contributed by atoms with Gasteiger partial charge in [0, 0.05) is 23.7 Å². The lowest BCUT2D eigenvalue weighted by atomic mass is 9.90. The number of nitrogens with zero attached hydrogens (tertiary/aromatic N) is 2. The lowest BCUT2D eigenvalue weighted by Gasteiger charge is -2.32. The Morgan fingerprint density at radius 2 is 1.74 bits per heavy atom. The van der Waals surface area contributed by atoms with E-state index in [-0.39, 0.29) is 37.6 Å². The number of para-hydroxylation sites is 1. The van der Waals surface area contributed by atoms with Crippen LogP contribution >= 0.6 is 24.2 Å².